The fourth-order valence-corrected chi connectivity index (χ4v) is 15.2. The quantitative estimate of drug-likeness (QED) is 0.00897. The summed E-state index contributed by atoms with van der Waals surface area (Å²) in [4.78, 5) is 165. The molecule has 0 amide bonds. The number of fused-ring (bicyclic) bond motifs is 4. The fraction of sp³-hybridized carbons (Fsp3) is 0.0361. The number of hydrogen-bond acceptors (Lipinski definition) is 29. The Hall–Kier alpha value is -16.4. The van der Waals surface area contributed by atoms with Crippen LogP contribution in [0.1, 0.15) is 95.8 Å². The number of benzene rings is 10. The minimum atomic E-state index is -5.08. The number of aromatic amines is 2. The number of aromatic nitrogens is 8. The zero-order chi connectivity index (χ0) is 84.0. The van der Waals surface area contributed by atoms with Crippen LogP contribution in [0.15, 0.2) is 226 Å². The highest BCUT2D eigenvalue weighted by atomic mass is 32.2. The number of carbonyl (C=O) groups excluding carboxylic acids is 6. The van der Waals surface area contributed by atoms with E-state index in [-0.39, 0.29) is 184 Å². The third-order valence-electron chi connectivity index (χ3n) is 19.0. The first-order valence-electron chi connectivity index (χ1n) is 35.5. The zero-order valence-electron chi connectivity index (χ0n) is 61.0. The summed E-state index contributed by atoms with van der Waals surface area (Å²) < 4.78 is 93.6. The minimum Gasteiger partial charge on any atom is -0.478 e. The molecule has 35 nitrogen and oxygen atoms in total. The van der Waals surface area contributed by atoms with Crippen molar-refractivity contribution in [3.63, 3.8) is 0 Å². The Labute approximate surface area is 673 Å². The van der Waals surface area contributed by atoms with E-state index in [0.717, 1.165) is 48.5 Å². The molecular weight excluding hydrogens is 1600 g/mol. The summed E-state index contributed by atoms with van der Waals surface area (Å²) in [6.45, 7) is -0.220. The van der Waals surface area contributed by atoms with E-state index in [1.54, 1.807) is 103 Å². The lowest BCUT2D eigenvalue weighted by Gasteiger charge is -2.24. The first-order chi connectivity index (χ1) is 57.7. The van der Waals surface area contributed by atoms with Gasteiger partial charge in [0.15, 0.2) is 23.1 Å². The standard InChI is InChI=1S/C83H53N13O22S2/c97-38-115-48-29-43(77(105)106)31-50(36-48)117-82-92-62(34-42-28-47(20-25-61(42)120(112,113)114)87-60-24-22-57-65-63(53-16-4-6-18-55(53)74(102)68(60)65)69(75(103)89-57)71(99)40-10-2-1-3-11-40)91-79(94-82)84-26-27-85-80-93-81(96-83(95-80)118-51-32-44(78(107)108)30-49(37-51)116-39-98)88-46-14-9-13-45(35-46)86-59-23-21-58-66-64(54-17-5-7-19-56(54)73(101)67(59)66)70(76(104)90-58)72(100)41-12-8-15-52(33-41)119(109,110)111/h1-25,28-33,35-39,86-87H,26-27,34H2,(H,89,103)(H,90,104)(H,105,106)(H,107,108)(H,109,110,111)(H,112,113,114)(H,84,91,92,94)(H2,85,88,93,95,96). The minimum absolute atomic E-state index is 0.0423. The highest BCUT2D eigenvalue weighted by Gasteiger charge is 2.36. The topological polar surface area (TPSA) is 526 Å². The van der Waals surface area contributed by atoms with Crippen LogP contribution in [0.3, 0.4) is 0 Å². The summed E-state index contributed by atoms with van der Waals surface area (Å²) in [7, 11) is -9.87. The number of ketones is 4. The molecule has 10 aromatic carbocycles. The number of rotatable bonds is 29. The number of carboxylic acid groups (broad SMARTS) is 2. The molecule has 0 spiro atoms. The van der Waals surface area contributed by atoms with E-state index < -0.39 is 106 Å². The number of H-pyrrole nitrogens is 2. The number of hydrogen-bond donors (Lipinski definition) is 11. The predicted molar refractivity (Wildman–Crippen MR) is 429 cm³/mol. The van der Waals surface area contributed by atoms with Gasteiger partial charge in [0.05, 0.1) is 54.5 Å². The Kier molecular flexibility index (Phi) is 20.3. The number of carbonyl (C=O) groups is 8. The number of ether oxygens (including phenoxy) is 4. The van der Waals surface area contributed by atoms with Crippen molar-refractivity contribution in [1.82, 2.24) is 39.9 Å². The Morgan fingerprint density at radius 1 is 0.417 bits per heavy atom. The second-order valence-corrected chi connectivity index (χ2v) is 29.4. The summed E-state index contributed by atoms with van der Waals surface area (Å²) in [6, 6.07) is 47.2. The third kappa shape index (κ3) is 15.5. The normalized spacial score (nSPS) is 11.8. The largest absolute Gasteiger partial charge is 0.478 e. The van der Waals surface area contributed by atoms with Gasteiger partial charge in [-0.1, -0.05) is 97.1 Å². The van der Waals surface area contributed by atoms with E-state index in [1.165, 1.54) is 54.6 Å². The lowest BCUT2D eigenvalue weighted by Crippen LogP contribution is -2.24. The molecule has 2 aliphatic carbocycles. The van der Waals surface area contributed by atoms with Crippen LogP contribution in [0.4, 0.5) is 46.3 Å². The molecule has 37 heteroatoms. The van der Waals surface area contributed by atoms with Crippen LogP contribution in [0, 0.1) is 0 Å². The van der Waals surface area contributed by atoms with Crippen LogP contribution in [0.25, 0.3) is 44.1 Å². The third-order valence-corrected chi connectivity index (χ3v) is 20.8. The summed E-state index contributed by atoms with van der Waals surface area (Å²) in [6.07, 6.45) is -0.560. The molecule has 2 aliphatic rings. The Bertz CT molecular complexity index is 7170. The van der Waals surface area contributed by atoms with E-state index >= 15 is 0 Å². The van der Waals surface area contributed by atoms with Gasteiger partial charge in [0.25, 0.3) is 44.3 Å². The Morgan fingerprint density at radius 2 is 0.883 bits per heavy atom. The van der Waals surface area contributed by atoms with Gasteiger partial charge in [-0.25, -0.2) is 9.59 Å². The molecule has 4 aromatic heterocycles. The lowest BCUT2D eigenvalue weighted by molar-refractivity contribution is -0.121. The maximum atomic E-state index is 14.8. The Morgan fingerprint density at radius 3 is 1.41 bits per heavy atom. The SMILES string of the molecule is O=COc1cc(Oc2nc(Cc3cc(Nc4ccc5[nH]c(=O)c(C(=O)c6ccccc6)c6c5c4C(=O)c4ccccc4-6)ccc3S(=O)(=O)O)nc(NCCNc3nc(Nc4cccc(Nc5ccc6[nH]c(=O)c(C(=O)c7cccc(S(=O)(=O)O)c7)c7c6c5C(=O)c5ccccc5-7)c4)nc(Oc4cc(OC=O)cc(C(=O)O)c4)n3)n2)cc(C(=O)O)c1. The summed E-state index contributed by atoms with van der Waals surface area (Å²) in [5.74, 6) is -7.40. The molecule has 0 bridgehead atoms. The van der Waals surface area contributed by atoms with Crippen molar-refractivity contribution in [2.45, 2.75) is 16.2 Å². The molecule has 4 heterocycles. The van der Waals surface area contributed by atoms with Crippen LogP contribution >= 0.6 is 0 Å². The van der Waals surface area contributed by atoms with Crippen LogP contribution < -0.4 is 56.6 Å². The summed E-state index contributed by atoms with van der Waals surface area (Å²) in [5, 5.41) is 35.9. The molecule has 0 saturated carbocycles. The molecule has 0 aliphatic heterocycles. The molecule has 11 N–H and O–H groups in total. The van der Waals surface area contributed by atoms with Gasteiger partial charge in [-0.15, -0.1) is 0 Å². The highest BCUT2D eigenvalue weighted by Crippen LogP contribution is 2.47. The van der Waals surface area contributed by atoms with Crippen molar-refractivity contribution in [3.05, 3.63) is 294 Å². The van der Waals surface area contributed by atoms with Gasteiger partial charge in [0.1, 0.15) is 28.8 Å². The first kappa shape index (κ1) is 77.6. The maximum absolute atomic E-state index is 14.8. The number of aromatic carboxylic acids is 2. The maximum Gasteiger partial charge on any atom is 0.335 e. The van der Waals surface area contributed by atoms with Crippen LogP contribution in [-0.2, 0) is 36.2 Å². The van der Waals surface area contributed by atoms with Crippen molar-refractivity contribution in [1.29, 1.82) is 0 Å². The smallest absolute Gasteiger partial charge is 0.335 e. The van der Waals surface area contributed by atoms with Gasteiger partial charge in [0.2, 0.25) is 17.8 Å². The van der Waals surface area contributed by atoms with E-state index in [1.807, 2.05) is 0 Å². The first-order valence-corrected chi connectivity index (χ1v) is 38.4. The van der Waals surface area contributed by atoms with E-state index in [0.29, 0.717) is 11.3 Å². The molecule has 0 saturated heterocycles. The molecule has 0 unspecified atom stereocenters. The number of anilines is 8. The van der Waals surface area contributed by atoms with E-state index in [9.17, 15) is 84.1 Å². The molecule has 594 valence electrons. The van der Waals surface area contributed by atoms with Crippen molar-refractivity contribution < 1.29 is 93.5 Å². The summed E-state index contributed by atoms with van der Waals surface area (Å²) in [5.41, 5.74) is -0.453. The fourth-order valence-electron chi connectivity index (χ4n) is 14.0. The molecular formula is C83H53N13O22S2. The second-order valence-electron chi connectivity index (χ2n) is 26.5. The number of nitrogens with one attached hydrogen (secondary N) is 7. The van der Waals surface area contributed by atoms with Crippen molar-refractivity contribution >= 4 is 136 Å². The molecule has 16 rings (SSSR count). The zero-order valence-corrected chi connectivity index (χ0v) is 62.7. The average molecular weight is 1650 g/mol. The molecule has 0 atom stereocenters. The van der Waals surface area contributed by atoms with Gasteiger partial charge in [-0.3, -0.25) is 47.5 Å². The number of pyridine rings is 2. The highest BCUT2D eigenvalue weighted by molar-refractivity contribution is 7.86. The molecule has 14 aromatic rings. The van der Waals surface area contributed by atoms with Crippen LogP contribution in [-0.4, -0.2) is 137 Å². The van der Waals surface area contributed by atoms with Gasteiger partial charge >= 0.3 is 24.0 Å². The van der Waals surface area contributed by atoms with E-state index in [4.69, 9.17) is 18.9 Å². The lowest BCUT2D eigenvalue weighted by atomic mass is 9.80. The molecule has 0 fully saturated rings. The van der Waals surface area contributed by atoms with Crippen LogP contribution in [0.2, 0.25) is 0 Å². The van der Waals surface area contributed by atoms with Crippen molar-refractivity contribution in [3.8, 4) is 57.3 Å². The van der Waals surface area contributed by atoms with Gasteiger partial charge in [-0.2, -0.15) is 46.7 Å². The van der Waals surface area contributed by atoms with Gasteiger partial charge in [-0.05, 0) is 114 Å². The second kappa shape index (κ2) is 31.4. The number of nitrogens with zero attached hydrogens (tertiary/aromatic N) is 6. The van der Waals surface area contributed by atoms with Crippen molar-refractivity contribution in [2.75, 3.05) is 39.7 Å². The molecule has 0 radical (unpaired) electrons. The van der Waals surface area contributed by atoms with Crippen LogP contribution in [0.5, 0.6) is 35.0 Å². The average Bonchev–Trinajstić information content (AvgIpc) is 0.716. The van der Waals surface area contributed by atoms with Crippen molar-refractivity contribution in [2.24, 2.45) is 0 Å². The van der Waals surface area contributed by atoms with Gasteiger partial charge in [0, 0.05) is 104 Å². The monoisotopic (exact) mass is 1650 g/mol. The number of carboxylic acids is 2. The predicted octanol–water partition coefficient (Wildman–Crippen LogP) is 11.5. The summed E-state index contributed by atoms with van der Waals surface area (Å²) >= 11 is 0. The Balaban J connectivity index is 0.713. The van der Waals surface area contributed by atoms with Gasteiger partial charge < -0.3 is 65.7 Å². The van der Waals surface area contributed by atoms with E-state index in [2.05, 4.69) is 66.5 Å². The molecule has 120 heavy (non-hydrogen) atoms.